The molecule has 0 spiro atoms. The van der Waals surface area contributed by atoms with Crippen molar-refractivity contribution in [1.29, 1.82) is 0 Å². The number of nitrogens with zero attached hydrogens (tertiary/aromatic N) is 2. The first-order valence-electron chi connectivity index (χ1n) is 8.51. The Kier molecular flexibility index (Phi) is 5.71. The molecule has 0 aliphatic carbocycles. The molecule has 2 heterocycles. The molecule has 0 saturated heterocycles. The van der Waals surface area contributed by atoms with E-state index >= 15 is 0 Å². The Morgan fingerprint density at radius 3 is 2.85 bits per heavy atom. The molecule has 0 radical (unpaired) electrons. The predicted molar refractivity (Wildman–Crippen MR) is 108 cm³/mol. The Labute approximate surface area is 167 Å². The number of aliphatic hydroxyl groups is 1. The molecule has 0 amide bonds. The van der Waals surface area contributed by atoms with Crippen LogP contribution in [0.15, 0.2) is 39.8 Å². The van der Waals surface area contributed by atoms with Crippen LogP contribution in [0.25, 0.3) is 0 Å². The first-order valence-corrected chi connectivity index (χ1v) is 10.8. The topological polar surface area (TPSA) is 116 Å². The van der Waals surface area contributed by atoms with E-state index in [1.54, 1.807) is 32.2 Å². The van der Waals surface area contributed by atoms with Crippen LogP contribution in [0.3, 0.4) is 0 Å². The molecule has 4 bridgehead atoms. The molecule has 8 nitrogen and oxygen atoms in total. The van der Waals surface area contributed by atoms with Gasteiger partial charge < -0.3 is 15.7 Å². The quantitative estimate of drug-likeness (QED) is 0.521. The SMILES string of the molecule is CC(C)(O)C1CCNc2nc(ncc2Br)Nc2cccc(c2)S(=O)(=O)NC1. The van der Waals surface area contributed by atoms with Crippen LogP contribution in [0.2, 0.25) is 0 Å². The molecule has 1 atom stereocenters. The van der Waals surface area contributed by atoms with Crippen molar-refractivity contribution in [2.75, 3.05) is 23.7 Å². The van der Waals surface area contributed by atoms with Gasteiger partial charge in [-0.15, -0.1) is 0 Å². The lowest BCUT2D eigenvalue weighted by molar-refractivity contribution is 0.0171. The minimum absolute atomic E-state index is 0.126. The van der Waals surface area contributed by atoms with Gasteiger partial charge in [-0.1, -0.05) is 6.07 Å². The zero-order valence-corrected chi connectivity index (χ0v) is 17.4. The van der Waals surface area contributed by atoms with Crippen LogP contribution in [-0.4, -0.2) is 42.2 Å². The molecule has 0 fully saturated rings. The number of rotatable bonds is 1. The van der Waals surface area contributed by atoms with E-state index in [-0.39, 0.29) is 17.4 Å². The number of benzene rings is 1. The van der Waals surface area contributed by atoms with Crippen molar-refractivity contribution in [2.24, 2.45) is 5.92 Å². The summed E-state index contributed by atoms with van der Waals surface area (Å²) in [6.07, 6.45) is 2.17. The Bertz CT molecular complexity index is 930. The summed E-state index contributed by atoms with van der Waals surface area (Å²) in [5.41, 5.74) is -0.485. The maximum Gasteiger partial charge on any atom is 0.240 e. The predicted octanol–water partition coefficient (Wildman–Crippen LogP) is 2.46. The number of hydrogen-bond donors (Lipinski definition) is 4. The maximum absolute atomic E-state index is 12.7. The third-order valence-corrected chi connectivity index (χ3v) is 6.45. The van der Waals surface area contributed by atoms with Gasteiger partial charge in [-0.05, 0) is 54.4 Å². The summed E-state index contributed by atoms with van der Waals surface area (Å²) in [6.45, 7) is 3.99. The van der Waals surface area contributed by atoms with Gasteiger partial charge in [0.15, 0.2) is 0 Å². The van der Waals surface area contributed by atoms with Crippen LogP contribution in [0.5, 0.6) is 0 Å². The van der Waals surface area contributed by atoms with Gasteiger partial charge in [0.25, 0.3) is 0 Å². The fraction of sp³-hybridized carbons (Fsp3) is 0.412. The Balaban J connectivity index is 2.01. The van der Waals surface area contributed by atoms with E-state index in [0.717, 1.165) is 4.47 Å². The van der Waals surface area contributed by atoms with Crippen molar-refractivity contribution < 1.29 is 13.5 Å². The van der Waals surface area contributed by atoms with Crippen LogP contribution in [0, 0.1) is 5.92 Å². The largest absolute Gasteiger partial charge is 0.390 e. The van der Waals surface area contributed by atoms with Crippen LogP contribution in [0.4, 0.5) is 17.5 Å². The molecule has 27 heavy (non-hydrogen) atoms. The van der Waals surface area contributed by atoms with Crippen LogP contribution < -0.4 is 15.4 Å². The van der Waals surface area contributed by atoms with Crippen molar-refractivity contribution in [3.8, 4) is 0 Å². The molecule has 1 aromatic carbocycles. The highest BCUT2D eigenvalue weighted by Crippen LogP contribution is 2.25. The van der Waals surface area contributed by atoms with E-state index in [1.165, 1.54) is 12.1 Å². The maximum atomic E-state index is 12.7. The molecule has 1 aliphatic rings. The first kappa shape index (κ1) is 20.0. The van der Waals surface area contributed by atoms with Gasteiger partial charge in [0.2, 0.25) is 16.0 Å². The van der Waals surface area contributed by atoms with E-state index in [9.17, 15) is 13.5 Å². The third kappa shape index (κ3) is 4.95. The number of fused-ring (bicyclic) bond motifs is 4. The van der Waals surface area contributed by atoms with E-state index in [4.69, 9.17) is 0 Å². The molecule has 0 saturated carbocycles. The highest BCUT2D eigenvalue weighted by molar-refractivity contribution is 9.10. The van der Waals surface area contributed by atoms with Gasteiger partial charge in [0.1, 0.15) is 5.82 Å². The number of hydrogen-bond acceptors (Lipinski definition) is 7. The van der Waals surface area contributed by atoms with Crippen LogP contribution >= 0.6 is 15.9 Å². The second kappa shape index (κ2) is 7.70. The lowest BCUT2D eigenvalue weighted by Crippen LogP contribution is -2.41. The standard InChI is InChI=1S/C17H22BrN5O3S/c1-17(2,24)11-6-7-19-15-14(18)10-20-16(23-15)22-12-4-3-5-13(8-12)27(25,26)21-9-11/h3-5,8,10-11,21,24H,6-7,9H2,1-2H3,(H2,19,20,22,23). The number of nitrogens with one attached hydrogen (secondary N) is 3. The first-order chi connectivity index (χ1) is 12.6. The van der Waals surface area contributed by atoms with Crippen molar-refractivity contribution in [2.45, 2.75) is 30.8 Å². The average Bonchev–Trinajstić information content (AvgIpc) is 2.59. The molecular formula is C17H22BrN5O3S. The average molecular weight is 456 g/mol. The Hall–Kier alpha value is -1.75. The molecule has 1 aliphatic heterocycles. The third-order valence-electron chi connectivity index (χ3n) is 4.45. The number of sulfonamides is 1. The minimum Gasteiger partial charge on any atom is -0.390 e. The highest BCUT2D eigenvalue weighted by atomic mass is 79.9. The zero-order chi connectivity index (χ0) is 19.7. The smallest absolute Gasteiger partial charge is 0.240 e. The second-order valence-corrected chi connectivity index (χ2v) is 9.58. The monoisotopic (exact) mass is 455 g/mol. The summed E-state index contributed by atoms with van der Waals surface area (Å²) in [5.74, 6) is 0.680. The van der Waals surface area contributed by atoms with E-state index in [2.05, 4.69) is 41.3 Å². The van der Waals surface area contributed by atoms with E-state index in [0.29, 0.717) is 30.4 Å². The Morgan fingerprint density at radius 2 is 2.11 bits per heavy atom. The van der Waals surface area contributed by atoms with Gasteiger partial charge in [-0.2, -0.15) is 4.98 Å². The van der Waals surface area contributed by atoms with Gasteiger partial charge in [0, 0.05) is 30.9 Å². The van der Waals surface area contributed by atoms with Crippen LogP contribution in [-0.2, 0) is 10.0 Å². The summed E-state index contributed by atoms with van der Waals surface area (Å²) < 4.78 is 28.6. The van der Waals surface area contributed by atoms with Gasteiger partial charge >= 0.3 is 0 Å². The van der Waals surface area contributed by atoms with Crippen molar-refractivity contribution >= 4 is 43.4 Å². The molecule has 1 unspecified atom stereocenters. The van der Waals surface area contributed by atoms with Crippen molar-refractivity contribution in [3.63, 3.8) is 0 Å². The number of anilines is 3. The van der Waals surface area contributed by atoms with E-state index in [1.807, 2.05) is 0 Å². The molecule has 4 N–H and O–H groups in total. The van der Waals surface area contributed by atoms with Gasteiger partial charge in [-0.3, -0.25) is 0 Å². The van der Waals surface area contributed by atoms with Crippen molar-refractivity contribution in [1.82, 2.24) is 14.7 Å². The molecule has 1 aromatic heterocycles. The lowest BCUT2D eigenvalue weighted by Gasteiger charge is -2.30. The number of halogens is 1. The fourth-order valence-corrected chi connectivity index (χ4v) is 4.24. The zero-order valence-electron chi connectivity index (χ0n) is 15.0. The summed E-state index contributed by atoms with van der Waals surface area (Å²) in [4.78, 5) is 8.77. The summed E-state index contributed by atoms with van der Waals surface area (Å²) in [5, 5.41) is 16.7. The second-order valence-electron chi connectivity index (χ2n) is 6.96. The fourth-order valence-electron chi connectivity index (χ4n) is 2.78. The molecule has 2 aromatic rings. The van der Waals surface area contributed by atoms with Gasteiger partial charge in [0.05, 0.1) is 15.0 Å². The highest BCUT2D eigenvalue weighted by Gasteiger charge is 2.28. The lowest BCUT2D eigenvalue weighted by atomic mass is 9.88. The Morgan fingerprint density at radius 1 is 1.33 bits per heavy atom. The van der Waals surface area contributed by atoms with E-state index < -0.39 is 15.6 Å². The molecule has 10 heteroatoms. The summed E-state index contributed by atoms with van der Waals surface area (Å²) in [7, 11) is -3.71. The number of aromatic nitrogens is 2. The molecule has 3 rings (SSSR count). The van der Waals surface area contributed by atoms with Crippen molar-refractivity contribution in [3.05, 3.63) is 34.9 Å². The summed E-state index contributed by atoms with van der Waals surface area (Å²) >= 11 is 3.42. The molecular weight excluding hydrogens is 434 g/mol. The minimum atomic E-state index is -3.71. The van der Waals surface area contributed by atoms with Crippen LogP contribution in [0.1, 0.15) is 20.3 Å². The van der Waals surface area contributed by atoms with Gasteiger partial charge in [-0.25, -0.2) is 18.1 Å². The molecule has 146 valence electrons. The normalized spacial score (nSPS) is 20.1. The summed E-state index contributed by atoms with van der Waals surface area (Å²) in [6, 6.07) is 6.43.